The number of aromatic carboxylic acids is 1. The molecule has 3 rings (SSSR count). The highest BCUT2D eigenvalue weighted by Crippen LogP contribution is 2.24. The first-order valence-electron chi connectivity index (χ1n) is 5.46. The fourth-order valence-corrected chi connectivity index (χ4v) is 1.92. The van der Waals surface area contributed by atoms with Crippen LogP contribution in [0.1, 0.15) is 10.5 Å². The van der Waals surface area contributed by atoms with Crippen molar-refractivity contribution in [2.75, 3.05) is 5.73 Å². The number of hydrogen-bond acceptors (Lipinski definition) is 5. The number of nitrogens with zero attached hydrogens (tertiary/aromatic N) is 4. The zero-order chi connectivity index (χ0) is 13.4. The molecule has 0 saturated carbocycles. The number of fused-ring (bicyclic) bond motifs is 1. The third kappa shape index (κ3) is 1.77. The largest absolute Gasteiger partial charge is 0.476 e. The molecule has 3 aromatic heterocycles. The quantitative estimate of drug-likeness (QED) is 0.709. The van der Waals surface area contributed by atoms with Gasteiger partial charge in [-0.3, -0.25) is 4.98 Å². The van der Waals surface area contributed by atoms with E-state index in [0.29, 0.717) is 16.8 Å². The lowest BCUT2D eigenvalue weighted by Crippen LogP contribution is -2.09. The van der Waals surface area contributed by atoms with Gasteiger partial charge in [-0.25, -0.2) is 9.31 Å². The number of hydrogen-bond donors (Lipinski definition) is 2. The van der Waals surface area contributed by atoms with Crippen LogP contribution in [0.25, 0.3) is 16.8 Å². The molecule has 7 heteroatoms. The molecule has 0 spiro atoms. The van der Waals surface area contributed by atoms with Crippen LogP contribution in [0.3, 0.4) is 0 Å². The third-order valence-electron chi connectivity index (χ3n) is 2.69. The number of carbonyl (C=O) groups is 1. The minimum absolute atomic E-state index is 0.00898. The van der Waals surface area contributed by atoms with Gasteiger partial charge in [-0.2, -0.15) is 4.98 Å². The van der Waals surface area contributed by atoms with Crippen molar-refractivity contribution in [2.24, 2.45) is 0 Å². The van der Waals surface area contributed by atoms with Gasteiger partial charge in [0.1, 0.15) is 0 Å². The average Bonchev–Trinajstić information content (AvgIpc) is 2.78. The number of nitrogens with two attached hydrogens (primary N) is 1. The Morgan fingerprint density at radius 3 is 2.84 bits per heavy atom. The summed E-state index contributed by atoms with van der Waals surface area (Å²) in [6, 6.07) is 6.85. The van der Waals surface area contributed by atoms with Gasteiger partial charge in [0.05, 0.1) is 0 Å². The Kier molecular flexibility index (Phi) is 2.38. The second-order valence-corrected chi connectivity index (χ2v) is 3.88. The molecular weight excluding hydrogens is 246 g/mol. The lowest BCUT2D eigenvalue weighted by atomic mass is 10.1. The van der Waals surface area contributed by atoms with Gasteiger partial charge < -0.3 is 10.8 Å². The van der Waals surface area contributed by atoms with Gasteiger partial charge in [0.2, 0.25) is 5.95 Å². The molecule has 0 atom stereocenters. The van der Waals surface area contributed by atoms with Crippen LogP contribution >= 0.6 is 0 Å². The van der Waals surface area contributed by atoms with Gasteiger partial charge in [0.25, 0.3) is 0 Å². The monoisotopic (exact) mass is 255 g/mol. The van der Waals surface area contributed by atoms with Crippen LogP contribution < -0.4 is 5.73 Å². The van der Waals surface area contributed by atoms with Crippen molar-refractivity contribution < 1.29 is 9.90 Å². The van der Waals surface area contributed by atoms with Crippen molar-refractivity contribution in [1.82, 2.24) is 19.6 Å². The number of carboxylic acid groups (broad SMARTS) is 1. The van der Waals surface area contributed by atoms with E-state index < -0.39 is 5.97 Å². The van der Waals surface area contributed by atoms with Crippen LogP contribution in [0.4, 0.5) is 5.95 Å². The Morgan fingerprint density at radius 2 is 2.16 bits per heavy atom. The Labute approximate surface area is 107 Å². The molecule has 94 valence electrons. The van der Waals surface area contributed by atoms with Crippen molar-refractivity contribution >= 4 is 17.6 Å². The van der Waals surface area contributed by atoms with Gasteiger partial charge >= 0.3 is 5.97 Å². The minimum atomic E-state index is -1.10. The Hall–Kier alpha value is -2.96. The molecular formula is C12H9N5O2. The van der Waals surface area contributed by atoms with E-state index in [0.717, 1.165) is 0 Å². The highest BCUT2D eigenvalue weighted by Gasteiger charge is 2.18. The summed E-state index contributed by atoms with van der Waals surface area (Å²) < 4.78 is 1.22. The zero-order valence-corrected chi connectivity index (χ0v) is 9.69. The van der Waals surface area contributed by atoms with Crippen LogP contribution in [0.5, 0.6) is 0 Å². The molecule has 3 heterocycles. The molecule has 0 bridgehead atoms. The summed E-state index contributed by atoms with van der Waals surface area (Å²) in [7, 11) is 0. The van der Waals surface area contributed by atoms with Crippen molar-refractivity contribution in [3.8, 4) is 11.1 Å². The normalized spacial score (nSPS) is 10.7. The Bertz CT molecular complexity index is 766. The molecule has 0 aliphatic carbocycles. The van der Waals surface area contributed by atoms with Crippen LogP contribution in [-0.4, -0.2) is 30.7 Å². The predicted octanol–water partition coefficient (Wildman–Crippen LogP) is 1.07. The van der Waals surface area contributed by atoms with Gasteiger partial charge in [0.15, 0.2) is 11.3 Å². The third-order valence-corrected chi connectivity index (χ3v) is 2.69. The first-order valence-corrected chi connectivity index (χ1v) is 5.46. The van der Waals surface area contributed by atoms with Gasteiger partial charge in [-0.15, -0.1) is 5.10 Å². The summed E-state index contributed by atoms with van der Waals surface area (Å²) in [5.74, 6) is -1.07. The van der Waals surface area contributed by atoms with Crippen molar-refractivity contribution in [3.05, 3.63) is 42.4 Å². The number of aromatic nitrogens is 4. The first-order chi connectivity index (χ1) is 9.16. The van der Waals surface area contributed by atoms with E-state index in [2.05, 4.69) is 15.1 Å². The molecule has 0 aliphatic heterocycles. The van der Waals surface area contributed by atoms with Crippen molar-refractivity contribution in [2.45, 2.75) is 0 Å². The number of nitrogen functional groups attached to an aromatic ring is 1. The van der Waals surface area contributed by atoms with Crippen LogP contribution in [0.15, 0.2) is 36.7 Å². The highest BCUT2D eigenvalue weighted by molar-refractivity contribution is 5.95. The van der Waals surface area contributed by atoms with E-state index >= 15 is 0 Å². The van der Waals surface area contributed by atoms with E-state index in [4.69, 9.17) is 5.73 Å². The summed E-state index contributed by atoms with van der Waals surface area (Å²) in [5.41, 5.74) is 7.10. The molecule has 19 heavy (non-hydrogen) atoms. The SMILES string of the molecule is Nc1nc2ccc(-c3cccnc3)c(C(=O)O)n2n1. The van der Waals surface area contributed by atoms with Crippen molar-refractivity contribution in [1.29, 1.82) is 0 Å². The van der Waals surface area contributed by atoms with E-state index in [1.165, 1.54) is 4.52 Å². The molecule has 0 unspecified atom stereocenters. The molecule has 3 N–H and O–H groups in total. The van der Waals surface area contributed by atoms with Gasteiger partial charge in [0, 0.05) is 23.5 Å². The smallest absolute Gasteiger partial charge is 0.355 e. The van der Waals surface area contributed by atoms with Crippen LogP contribution in [0, 0.1) is 0 Å². The maximum Gasteiger partial charge on any atom is 0.355 e. The van der Waals surface area contributed by atoms with E-state index in [-0.39, 0.29) is 11.6 Å². The number of rotatable bonds is 2. The minimum Gasteiger partial charge on any atom is -0.476 e. The number of anilines is 1. The maximum absolute atomic E-state index is 11.5. The molecule has 0 fully saturated rings. The molecule has 0 saturated heterocycles. The van der Waals surface area contributed by atoms with Crippen LogP contribution in [-0.2, 0) is 0 Å². The van der Waals surface area contributed by atoms with Gasteiger partial charge in [-0.05, 0) is 18.2 Å². The van der Waals surface area contributed by atoms with Gasteiger partial charge in [-0.1, -0.05) is 6.07 Å². The number of carboxylic acids is 1. The van der Waals surface area contributed by atoms with E-state index in [9.17, 15) is 9.90 Å². The fourth-order valence-electron chi connectivity index (χ4n) is 1.92. The lowest BCUT2D eigenvalue weighted by Gasteiger charge is -2.07. The molecule has 3 aromatic rings. The topological polar surface area (TPSA) is 106 Å². The Balaban J connectivity index is 2.36. The Morgan fingerprint density at radius 1 is 1.32 bits per heavy atom. The molecule has 0 radical (unpaired) electrons. The lowest BCUT2D eigenvalue weighted by molar-refractivity contribution is 0.0688. The van der Waals surface area contributed by atoms with Crippen LogP contribution in [0.2, 0.25) is 0 Å². The van der Waals surface area contributed by atoms with E-state index in [1.54, 1.807) is 36.7 Å². The number of pyridine rings is 2. The van der Waals surface area contributed by atoms with Crippen molar-refractivity contribution in [3.63, 3.8) is 0 Å². The highest BCUT2D eigenvalue weighted by atomic mass is 16.4. The molecule has 7 nitrogen and oxygen atoms in total. The molecule has 0 amide bonds. The summed E-state index contributed by atoms with van der Waals surface area (Å²) in [5, 5.41) is 13.3. The summed E-state index contributed by atoms with van der Waals surface area (Å²) in [6.45, 7) is 0. The average molecular weight is 255 g/mol. The summed E-state index contributed by atoms with van der Waals surface area (Å²) in [4.78, 5) is 19.4. The summed E-state index contributed by atoms with van der Waals surface area (Å²) >= 11 is 0. The summed E-state index contributed by atoms with van der Waals surface area (Å²) in [6.07, 6.45) is 3.21. The second kappa shape index (κ2) is 4.05. The second-order valence-electron chi connectivity index (χ2n) is 3.88. The maximum atomic E-state index is 11.5. The molecule has 0 aliphatic rings. The van der Waals surface area contributed by atoms with E-state index in [1.807, 2.05) is 0 Å². The standard InChI is InChI=1S/C12H9N5O2/c13-12-15-9-4-3-8(7-2-1-5-14-6-7)10(11(18)19)17(9)16-12/h1-6H,(H2,13,16)(H,18,19). The first kappa shape index (κ1) is 11.1. The molecule has 0 aromatic carbocycles. The zero-order valence-electron chi connectivity index (χ0n) is 9.69. The fraction of sp³-hybridized carbons (Fsp3) is 0. The predicted molar refractivity (Wildman–Crippen MR) is 67.6 cm³/mol.